The Morgan fingerprint density at radius 2 is 2.46 bits per heavy atom. The van der Waals surface area contributed by atoms with E-state index >= 15 is 0 Å². The van der Waals surface area contributed by atoms with Gasteiger partial charge in [0.15, 0.2) is 5.82 Å². The number of aromatic nitrogens is 2. The minimum atomic E-state index is -0.994. The van der Waals surface area contributed by atoms with Crippen molar-refractivity contribution in [3.8, 4) is 0 Å². The second-order valence-electron chi connectivity index (χ2n) is 2.31. The minimum Gasteiger partial charge on any atom is -0.481 e. The molecule has 0 aliphatic carbocycles. The molecule has 1 aromatic rings. The summed E-state index contributed by atoms with van der Waals surface area (Å²) in [7, 11) is 0. The van der Waals surface area contributed by atoms with E-state index in [0.29, 0.717) is 12.4 Å². The molecule has 0 amide bonds. The molecule has 0 saturated heterocycles. The highest BCUT2D eigenvalue weighted by atomic mass is 16.5. The highest BCUT2D eigenvalue weighted by molar-refractivity contribution is 5.68. The number of ether oxygens (including phenoxy) is 1. The average molecular weight is 186 g/mol. The molecule has 0 spiro atoms. The molecule has 1 aromatic heterocycles. The molecule has 0 aromatic carbocycles. The van der Waals surface area contributed by atoms with Gasteiger partial charge >= 0.3 is 5.97 Å². The molecule has 0 fully saturated rings. The van der Waals surface area contributed by atoms with Crippen LogP contribution in [0.3, 0.4) is 0 Å². The normalized spacial score (nSPS) is 10.2. The first-order valence-corrected chi connectivity index (χ1v) is 3.83. The molecule has 0 saturated carbocycles. The fourth-order valence-corrected chi connectivity index (χ4v) is 0.743. The number of nitrogens with zero attached hydrogens (tertiary/aromatic N) is 2. The summed E-state index contributed by atoms with van der Waals surface area (Å²) in [5.74, 6) is -0.521. The van der Waals surface area contributed by atoms with Crippen molar-refractivity contribution in [1.29, 1.82) is 0 Å². The molecule has 0 aliphatic heterocycles. The summed E-state index contributed by atoms with van der Waals surface area (Å²) in [6, 6.07) is 0. The second-order valence-corrected chi connectivity index (χ2v) is 2.31. The van der Waals surface area contributed by atoms with Gasteiger partial charge in [0.2, 0.25) is 5.89 Å². The Hall–Kier alpha value is -1.43. The number of carbonyl (C=O) groups is 1. The van der Waals surface area contributed by atoms with Crippen molar-refractivity contribution in [2.45, 2.75) is 20.0 Å². The molecule has 13 heavy (non-hydrogen) atoms. The third-order valence-electron chi connectivity index (χ3n) is 1.25. The molecular formula is C7H10N2O4. The van der Waals surface area contributed by atoms with Crippen LogP contribution < -0.4 is 0 Å². The topological polar surface area (TPSA) is 85.5 Å². The third kappa shape index (κ3) is 3.20. The van der Waals surface area contributed by atoms with E-state index < -0.39 is 5.97 Å². The summed E-state index contributed by atoms with van der Waals surface area (Å²) in [4.78, 5) is 14.0. The lowest BCUT2D eigenvalue weighted by Gasteiger charge is -1.91. The minimum absolute atomic E-state index is 0.0993. The van der Waals surface area contributed by atoms with Gasteiger partial charge < -0.3 is 14.4 Å². The van der Waals surface area contributed by atoms with E-state index in [4.69, 9.17) is 9.84 Å². The Bertz CT molecular complexity index is 284. The Kier molecular flexibility index (Phi) is 3.39. The summed E-state index contributed by atoms with van der Waals surface area (Å²) in [5, 5.41) is 11.9. The van der Waals surface area contributed by atoms with Crippen LogP contribution in [-0.2, 0) is 22.6 Å². The standard InChI is InChI=1S/C7H10N2O4/c1-2-12-4-5-8-6(13-9-5)3-7(10)11/h2-4H2,1H3,(H,10,11). The molecule has 6 nitrogen and oxygen atoms in total. The van der Waals surface area contributed by atoms with E-state index in [1.165, 1.54) is 0 Å². The van der Waals surface area contributed by atoms with Crippen LogP contribution in [0.2, 0.25) is 0 Å². The third-order valence-corrected chi connectivity index (χ3v) is 1.25. The molecule has 1 rings (SSSR count). The smallest absolute Gasteiger partial charge is 0.312 e. The molecule has 0 radical (unpaired) electrons. The van der Waals surface area contributed by atoms with Gasteiger partial charge in [-0.25, -0.2) is 0 Å². The van der Waals surface area contributed by atoms with Crippen LogP contribution in [0.15, 0.2) is 4.52 Å². The van der Waals surface area contributed by atoms with Crippen LogP contribution in [0.4, 0.5) is 0 Å². The second kappa shape index (κ2) is 4.56. The van der Waals surface area contributed by atoms with Crippen molar-refractivity contribution < 1.29 is 19.2 Å². The number of hydrogen-bond acceptors (Lipinski definition) is 5. The quantitative estimate of drug-likeness (QED) is 0.708. The molecular weight excluding hydrogens is 176 g/mol. The highest BCUT2D eigenvalue weighted by Crippen LogP contribution is 1.99. The monoisotopic (exact) mass is 186 g/mol. The molecule has 0 unspecified atom stereocenters. The largest absolute Gasteiger partial charge is 0.481 e. The fraction of sp³-hybridized carbons (Fsp3) is 0.571. The molecule has 1 heterocycles. The molecule has 1 N–H and O–H groups in total. The van der Waals surface area contributed by atoms with Gasteiger partial charge in [0.1, 0.15) is 13.0 Å². The van der Waals surface area contributed by atoms with Crippen molar-refractivity contribution in [3.63, 3.8) is 0 Å². The van der Waals surface area contributed by atoms with Crippen LogP contribution in [-0.4, -0.2) is 27.8 Å². The van der Waals surface area contributed by atoms with E-state index in [2.05, 4.69) is 14.7 Å². The van der Waals surface area contributed by atoms with Crippen molar-refractivity contribution in [2.75, 3.05) is 6.61 Å². The van der Waals surface area contributed by atoms with Gasteiger partial charge in [-0.1, -0.05) is 5.16 Å². The van der Waals surface area contributed by atoms with Crippen LogP contribution in [0.5, 0.6) is 0 Å². The number of aliphatic carboxylic acids is 1. The van der Waals surface area contributed by atoms with Crippen LogP contribution in [0.25, 0.3) is 0 Å². The zero-order chi connectivity index (χ0) is 9.68. The number of carboxylic acids is 1. The number of hydrogen-bond donors (Lipinski definition) is 1. The van der Waals surface area contributed by atoms with E-state index in [-0.39, 0.29) is 18.9 Å². The van der Waals surface area contributed by atoms with E-state index in [0.717, 1.165) is 0 Å². The van der Waals surface area contributed by atoms with Gasteiger partial charge in [0.25, 0.3) is 0 Å². The Morgan fingerprint density at radius 1 is 1.69 bits per heavy atom. The van der Waals surface area contributed by atoms with Crippen LogP contribution >= 0.6 is 0 Å². The molecule has 0 atom stereocenters. The number of carboxylic acid groups (broad SMARTS) is 1. The predicted molar refractivity (Wildman–Crippen MR) is 41.0 cm³/mol. The summed E-state index contributed by atoms with van der Waals surface area (Å²) < 4.78 is 9.66. The Balaban J connectivity index is 2.48. The maximum Gasteiger partial charge on any atom is 0.312 e. The summed E-state index contributed by atoms with van der Waals surface area (Å²) >= 11 is 0. The Labute approximate surface area is 74.5 Å². The van der Waals surface area contributed by atoms with Gasteiger partial charge in [-0.3, -0.25) is 4.79 Å². The molecule has 72 valence electrons. The maximum absolute atomic E-state index is 10.2. The highest BCUT2D eigenvalue weighted by Gasteiger charge is 2.09. The summed E-state index contributed by atoms with van der Waals surface area (Å²) in [5.41, 5.74) is 0. The first-order valence-electron chi connectivity index (χ1n) is 3.83. The van der Waals surface area contributed by atoms with Crippen LogP contribution in [0, 0.1) is 0 Å². The van der Waals surface area contributed by atoms with Crippen molar-refractivity contribution in [3.05, 3.63) is 11.7 Å². The van der Waals surface area contributed by atoms with Crippen molar-refractivity contribution >= 4 is 5.97 Å². The maximum atomic E-state index is 10.2. The predicted octanol–water partition coefficient (Wildman–Crippen LogP) is 0.233. The fourth-order valence-electron chi connectivity index (χ4n) is 0.743. The first kappa shape index (κ1) is 9.66. The van der Waals surface area contributed by atoms with Crippen molar-refractivity contribution in [2.24, 2.45) is 0 Å². The van der Waals surface area contributed by atoms with E-state index in [1.807, 2.05) is 6.92 Å². The zero-order valence-electron chi connectivity index (χ0n) is 7.19. The van der Waals surface area contributed by atoms with Crippen molar-refractivity contribution in [1.82, 2.24) is 10.1 Å². The lowest BCUT2D eigenvalue weighted by Crippen LogP contribution is -2.00. The lowest BCUT2D eigenvalue weighted by atomic mass is 10.4. The number of rotatable bonds is 5. The van der Waals surface area contributed by atoms with Gasteiger partial charge in [-0.15, -0.1) is 0 Å². The van der Waals surface area contributed by atoms with Crippen LogP contribution in [0.1, 0.15) is 18.6 Å². The Morgan fingerprint density at radius 3 is 3.08 bits per heavy atom. The van der Waals surface area contributed by atoms with Gasteiger partial charge in [0.05, 0.1) is 0 Å². The summed E-state index contributed by atoms with van der Waals surface area (Å²) in [6.45, 7) is 2.65. The first-order chi connectivity index (χ1) is 6.22. The van der Waals surface area contributed by atoms with E-state index in [9.17, 15) is 4.79 Å². The zero-order valence-corrected chi connectivity index (χ0v) is 7.19. The van der Waals surface area contributed by atoms with Gasteiger partial charge in [-0.05, 0) is 6.92 Å². The summed E-state index contributed by atoms with van der Waals surface area (Å²) in [6.07, 6.45) is -0.251. The SMILES string of the molecule is CCOCc1noc(CC(=O)O)n1. The molecule has 0 aliphatic rings. The average Bonchev–Trinajstić information content (AvgIpc) is 2.48. The van der Waals surface area contributed by atoms with Gasteiger partial charge in [-0.2, -0.15) is 4.98 Å². The van der Waals surface area contributed by atoms with Gasteiger partial charge in [0, 0.05) is 6.61 Å². The molecule has 0 bridgehead atoms. The lowest BCUT2D eigenvalue weighted by molar-refractivity contribution is -0.136. The molecule has 6 heteroatoms. The van der Waals surface area contributed by atoms with E-state index in [1.54, 1.807) is 0 Å².